The number of anilines is 1. The van der Waals surface area contributed by atoms with E-state index in [9.17, 15) is 32.8 Å². The van der Waals surface area contributed by atoms with Gasteiger partial charge >= 0.3 is 6.18 Å². The van der Waals surface area contributed by atoms with Crippen LogP contribution in [0.3, 0.4) is 0 Å². The number of benzene rings is 2. The number of para-hydroxylation sites is 1. The van der Waals surface area contributed by atoms with Crippen molar-refractivity contribution in [3.05, 3.63) is 98.5 Å². The van der Waals surface area contributed by atoms with Crippen molar-refractivity contribution < 1.29 is 22.8 Å². The summed E-state index contributed by atoms with van der Waals surface area (Å²) in [4.78, 5) is 37.9. The molecule has 1 aromatic heterocycles. The molecule has 0 aliphatic heterocycles. The molecule has 0 saturated carbocycles. The van der Waals surface area contributed by atoms with Crippen molar-refractivity contribution in [2.45, 2.75) is 33.1 Å². The van der Waals surface area contributed by atoms with Crippen LogP contribution in [0.1, 0.15) is 38.3 Å². The van der Waals surface area contributed by atoms with Crippen LogP contribution in [0, 0.1) is 25.2 Å². The molecule has 0 saturated heterocycles. The van der Waals surface area contributed by atoms with Crippen molar-refractivity contribution in [3.8, 4) is 6.07 Å². The monoisotopic (exact) mass is 482 g/mol. The molecule has 0 radical (unpaired) electrons. The first-order valence-electron chi connectivity index (χ1n) is 10.5. The zero-order valence-corrected chi connectivity index (χ0v) is 18.9. The van der Waals surface area contributed by atoms with Gasteiger partial charge in [0.1, 0.15) is 18.2 Å². The lowest BCUT2D eigenvalue weighted by atomic mass is 10.1. The number of carbonyl (C=O) groups excluding carboxylic acids is 2. The summed E-state index contributed by atoms with van der Waals surface area (Å²) in [5.41, 5.74) is 0.0550. The average molecular weight is 482 g/mol. The first-order chi connectivity index (χ1) is 16.5. The van der Waals surface area contributed by atoms with Gasteiger partial charge in [-0.05, 0) is 55.3 Å². The van der Waals surface area contributed by atoms with Crippen LogP contribution in [-0.4, -0.2) is 16.4 Å². The number of hydrogen-bond acceptors (Lipinski definition) is 4. The van der Waals surface area contributed by atoms with Crippen LogP contribution in [0.15, 0.2) is 59.4 Å². The number of nitriles is 1. The summed E-state index contributed by atoms with van der Waals surface area (Å²) in [5.74, 6) is -1.20. The maximum absolute atomic E-state index is 12.9. The minimum absolute atomic E-state index is 0.0576. The van der Waals surface area contributed by atoms with E-state index in [1.165, 1.54) is 24.3 Å². The van der Waals surface area contributed by atoms with Crippen LogP contribution in [-0.2, 0) is 24.1 Å². The van der Waals surface area contributed by atoms with Gasteiger partial charge < -0.3 is 15.2 Å². The number of nitrogens with one attached hydrogen (secondary N) is 2. The number of aryl methyl sites for hydroxylation is 2. The highest BCUT2D eigenvalue weighted by Crippen LogP contribution is 2.29. The van der Waals surface area contributed by atoms with E-state index in [0.717, 1.165) is 16.7 Å². The molecular formula is C25H21F3N4O3. The Morgan fingerprint density at radius 2 is 1.77 bits per heavy atom. The lowest BCUT2D eigenvalue weighted by Gasteiger charge is -2.14. The molecule has 0 spiro atoms. The third-order valence-electron chi connectivity index (χ3n) is 5.27. The lowest BCUT2D eigenvalue weighted by Crippen LogP contribution is -2.32. The molecule has 0 unspecified atom stereocenters. The Morgan fingerprint density at radius 1 is 1.06 bits per heavy atom. The summed E-state index contributed by atoms with van der Waals surface area (Å²) in [6.45, 7) is 2.74. The summed E-state index contributed by atoms with van der Waals surface area (Å²) in [6, 6.07) is 14.2. The SMILES string of the molecule is Cc1cc(C)n(CC(=O)Nc2ccccc2C(=O)NCc2cccc(C(F)(F)F)c2)c(=O)c1C#N. The molecule has 0 aliphatic carbocycles. The first kappa shape index (κ1) is 25.2. The zero-order chi connectivity index (χ0) is 25.8. The summed E-state index contributed by atoms with van der Waals surface area (Å²) < 4.78 is 39.9. The number of carbonyl (C=O) groups is 2. The van der Waals surface area contributed by atoms with Gasteiger partial charge in [-0.1, -0.05) is 24.3 Å². The van der Waals surface area contributed by atoms with Gasteiger partial charge in [0.15, 0.2) is 0 Å². The fourth-order valence-corrected chi connectivity index (χ4v) is 3.52. The molecule has 2 aromatic carbocycles. The van der Waals surface area contributed by atoms with E-state index in [1.807, 2.05) is 6.07 Å². The minimum Gasteiger partial charge on any atom is -0.348 e. The lowest BCUT2D eigenvalue weighted by molar-refractivity contribution is -0.137. The number of halogens is 3. The van der Waals surface area contributed by atoms with Crippen molar-refractivity contribution in [1.29, 1.82) is 5.26 Å². The summed E-state index contributed by atoms with van der Waals surface area (Å²) in [6.07, 6.45) is -4.50. The number of pyridine rings is 1. The number of aromatic nitrogens is 1. The molecule has 1 heterocycles. The molecule has 180 valence electrons. The number of nitrogens with zero attached hydrogens (tertiary/aromatic N) is 2. The molecule has 7 nitrogen and oxygen atoms in total. The van der Waals surface area contributed by atoms with Crippen LogP contribution in [0.25, 0.3) is 0 Å². The van der Waals surface area contributed by atoms with Crippen LogP contribution in [0.5, 0.6) is 0 Å². The second-order valence-electron chi connectivity index (χ2n) is 7.82. The smallest absolute Gasteiger partial charge is 0.348 e. The van der Waals surface area contributed by atoms with E-state index >= 15 is 0 Å². The number of rotatable bonds is 6. The number of hydrogen-bond donors (Lipinski definition) is 2. The highest BCUT2D eigenvalue weighted by Gasteiger charge is 2.30. The summed E-state index contributed by atoms with van der Waals surface area (Å²) >= 11 is 0. The second kappa shape index (κ2) is 10.3. The second-order valence-corrected chi connectivity index (χ2v) is 7.82. The molecule has 2 N–H and O–H groups in total. The van der Waals surface area contributed by atoms with Crippen molar-refractivity contribution in [3.63, 3.8) is 0 Å². The maximum atomic E-state index is 12.9. The quantitative estimate of drug-likeness (QED) is 0.556. The van der Waals surface area contributed by atoms with E-state index in [4.69, 9.17) is 0 Å². The minimum atomic E-state index is -4.50. The first-order valence-corrected chi connectivity index (χ1v) is 10.5. The van der Waals surface area contributed by atoms with Gasteiger partial charge in [0.25, 0.3) is 11.5 Å². The molecule has 2 amide bonds. The topological polar surface area (TPSA) is 104 Å². The van der Waals surface area contributed by atoms with Gasteiger partial charge in [-0.15, -0.1) is 0 Å². The van der Waals surface area contributed by atoms with Gasteiger partial charge in [0.05, 0.1) is 16.8 Å². The van der Waals surface area contributed by atoms with Crippen LogP contribution >= 0.6 is 0 Å². The van der Waals surface area contributed by atoms with Crippen molar-refractivity contribution in [1.82, 2.24) is 9.88 Å². The Labute approximate surface area is 198 Å². The predicted octanol–water partition coefficient (Wildman–Crippen LogP) is 3.92. The van der Waals surface area contributed by atoms with Crippen LogP contribution in [0.2, 0.25) is 0 Å². The van der Waals surface area contributed by atoms with Crippen LogP contribution < -0.4 is 16.2 Å². The van der Waals surface area contributed by atoms with E-state index < -0.39 is 29.1 Å². The van der Waals surface area contributed by atoms with Gasteiger partial charge in [0.2, 0.25) is 5.91 Å². The Kier molecular flexibility index (Phi) is 7.40. The predicted molar refractivity (Wildman–Crippen MR) is 123 cm³/mol. The molecule has 10 heteroatoms. The fourth-order valence-electron chi connectivity index (χ4n) is 3.52. The fraction of sp³-hybridized carbons (Fsp3) is 0.200. The van der Waals surface area contributed by atoms with Crippen molar-refractivity contribution in [2.75, 3.05) is 5.32 Å². The average Bonchev–Trinajstić information content (AvgIpc) is 2.80. The van der Waals surface area contributed by atoms with Gasteiger partial charge in [-0.25, -0.2) is 0 Å². The van der Waals surface area contributed by atoms with Gasteiger partial charge in [-0.3, -0.25) is 14.4 Å². The van der Waals surface area contributed by atoms with Gasteiger partial charge in [0, 0.05) is 12.2 Å². The van der Waals surface area contributed by atoms with E-state index in [0.29, 0.717) is 11.3 Å². The van der Waals surface area contributed by atoms with E-state index in [1.54, 1.807) is 32.0 Å². The summed E-state index contributed by atoms with van der Waals surface area (Å²) in [5, 5.41) is 14.3. The standard InChI is InChI=1S/C25H21F3N4O3/c1-15-10-16(2)32(24(35)20(15)12-29)14-22(33)31-21-9-4-3-8-19(21)23(34)30-13-17-6-5-7-18(11-17)25(26,27)28/h3-11H,13-14H2,1-2H3,(H,30,34)(H,31,33). The zero-order valence-electron chi connectivity index (χ0n) is 18.9. The normalized spacial score (nSPS) is 11.0. The molecule has 0 bridgehead atoms. The largest absolute Gasteiger partial charge is 0.416 e. The van der Waals surface area contributed by atoms with E-state index in [-0.39, 0.29) is 35.5 Å². The number of alkyl halides is 3. The highest BCUT2D eigenvalue weighted by molar-refractivity contribution is 6.03. The number of amides is 2. The molecular weight excluding hydrogens is 461 g/mol. The highest BCUT2D eigenvalue weighted by atomic mass is 19.4. The Bertz CT molecular complexity index is 1390. The molecule has 0 fully saturated rings. The van der Waals surface area contributed by atoms with E-state index in [2.05, 4.69) is 10.6 Å². The molecule has 0 atom stereocenters. The molecule has 0 aliphatic rings. The van der Waals surface area contributed by atoms with Crippen molar-refractivity contribution in [2.24, 2.45) is 0 Å². The molecule has 3 aromatic rings. The summed E-state index contributed by atoms with van der Waals surface area (Å²) in [7, 11) is 0. The van der Waals surface area contributed by atoms with Crippen molar-refractivity contribution >= 4 is 17.5 Å². The Balaban J connectivity index is 1.74. The van der Waals surface area contributed by atoms with Crippen LogP contribution in [0.4, 0.5) is 18.9 Å². The molecule has 35 heavy (non-hydrogen) atoms. The third kappa shape index (κ3) is 5.95. The van der Waals surface area contributed by atoms with Gasteiger partial charge in [-0.2, -0.15) is 18.4 Å². The Morgan fingerprint density at radius 3 is 2.46 bits per heavy atom. The molecule has 3 rings (SSSR count). The Hall–Kier alpha value is -4.39. The third-order valence-corrected chi connectivity index (χ3v) is 5.27. The maximum Gasteiger partial charge on any atom is 0.416 e.